The zero-order chi connectivity index (χ0) is 13.8. The molecule has 0 unspecified atom stereocenters. The van der Waals surface area contributed by atoms with E-state index in [4.69, 9.17) is 5.73 Å². The van der Waals surface area contributed by atoms with Crippen LogP contribution in [0.1, 0.15) is 32.6 Å². The van der Waals surface area contributed by atoms with Crippen LogP contribution in [0.15, 0.2) is 6.20 Å². The predicted octanol–water partition coefficient (Wildman–Crippen LogP) is 1.34. The zero-order valence-corrected chi connectivity index (χ0v) is 12.3. The Morgan fingerprint density at radius 2 is 2.11 bits per heavy atom. The van der Waals surface area contributed by atoms with Crippen LogP contribution in [0.4, 0.5) is 5.13 Å². The third-order valence-electron chi connectivity index (χ3n) is 2.90. The van der Waals surface area contributed by atoms with Gasteiger partial charge in [-0.15, -0.1) is 11.3 Å². The molecule has 0 saturated heterocycles. The lowest BCUT2D eigenvalue weighted by Crippen LogP contribution is -2.50. The van der Waals surface area contributed by atoms with E-state index in [0.29, 0.717) is 6.54 Å². The molecule has 102 valence electrons. The molecule has 0 radical (unpaired) electrons. The van der Waals surface area contributed by atoms with Crippen LogP contribution in [0.5, 0.6) is 0 Å². The molecule has 6 heteroatoms. The molecule has 0 aliphatic heterocycles. The molecule has 1 aromatic heterocycles. The molecule has 0 aliphatic rings. The van der Waals surface area contributed by atoms with E-state index in [1.54, 1.807) is 25.2 Å². The minimum atomic E-state index is -0.695. The number of nitrogens with one attached hydrogen (secondary N) is 1. The van der Waals surface area contributed by atoms with Gasteiger partial charge in [-0.3, -0.25) is 10.1 Å². The fourth-order valence-corrected chi connectivity index (χ4v) is 2.39. The number of rotatable bonds is 7. The zero-order valence-electron chi connectivity index (χ0n) is 11.5. The number of primary amides is 1. The highest BCUT2D eigenvalue weighted by Crippen LogP contribution is 2.22. The lowest BCUT2D eigenvalue weighted by atomic mass is 10.1. The van der Waals surface area contributed by atoms with Crippen molar-refractivity contribution in [3.8, 4) is 0 Å². The van der Waals surface area contributed by atoms with Gasteiger partial charge in [0.15, 0.2) is 5.13 Å². The van der Waals surface area contributed by atoms with Crippen molar-refractivity contribution >= 4 is 22.4 Å². The molecule has 5 nitrogen and oxygen atoms in total. The van der Waals surface area contributed by atoms with Gasteiger partial charge < -0.3 is 10.6 Å². The highest BCUT2D eigenvalue weighted by atomic mass is 32.1. The van der Waals surface area contributed by atoms with Crippen molar-refractivity contribution in [2.75, 3.05) is 18.0 Å². The van der Waals surface area contributed by atoms with E-state index in [2.05, 4.69) is 29.0 Å². The number of hydrogen-bond donors (Lipinski definition) is 2. The second-order valence-electron chi connectivity index (χ2n) is 4.62. The van der Waals surface area contributed by atoms with Gasteiger partial charge in [0.1, 0.15) is 0 Å². The fourth-order valence-electron chi connectivity index (χ4n) is 1.41. The Hall–Kier alpha value is -1.14. The Labute approximate surface area is 112 Å². The smallest absolute Gasteiger partial charge is 0.237 e. The molecule has 0 bridgehead atoms. The molecule has 1 heterocycles. The van der Waals surface area contributed by atoms with E-state index in [-0.39, 0.29) is 5.91 Å². The summed E-state index contributed by atoms with van der Waals surface area (Å²) >= 11 is 1.64. The van der Waals surface area contributed by atoms with Crippen LogP contribution in [-0.4, -0.2) is 29.5 Å². The van der Waals surface area contributed by atoms with Crippen LogP contribution >= 0.6 is 11.3 Å². The molecule has 3 N–H and O–H groups in total. The number of nitrogens with two attached hydrogens (primary N) is 1. The van der Waals surface area contributed by atoms with E-state index in [0.717, 1.165) is 23.1 Å². The highest BCUT2D eigenvalue weighted by molar-refractivity contribution is 7.15. The number of amides is 1. The van der Waals surface area contributed by atoms with Gasteiger partial charge in [-0.1, -0.05) is 0 Å². The van der Waals surface area contributed by atoms with Gasteiger partial charge in [0.2, 0.25) is 5.91 Å². The molecule has 1 amide bonds. The molecule has 0 fully saturated rings. The van der Waals surface area contributed by atoms with Crippen LogP contribution in [0.25, 0.3) is 0 Å². The predicted molar refractivity (Wildman–Crippen MR) is 75.8 cm³/mol. The number of thiazole rings is 1. The third-order valence-corrected chi connectivity index (χ3v) is 3.95. The molecule has 0 atom stereocenters. The van der Waals surface area contributed by atoms with Crippen molar-refractivity contribution in [2.24, 2.45) is 5.73 Å². The lowest BCUT2D eigenvalue weighted by Gasteiger charge is -2.21. The highest BCUT2D eigenvalue weighted by Gasteiger charge is 2.24. The van der Waals surface area contributed by atoms with Crippen molar-refractivity contribution in [3.63, 3.8) is 0 Å². The van der Waals surface area contributed by atoms with E-state index in [9.17, 15) is 4.79 Å². The van der Waals surface area contributed by atoms with Gasteiger partial charge >= 0.3 is 0 Å². The van der Waals surface area contributed by atoms with Crippen LogP contribution in [-0.2, 0) is 11.3 Å². The number of carbonyl (C=O) groups excluding carboxylic acids is 1. The summed E-state index contributed by atoms with van der Waals surface area (Å²) in [7, 11) is 0. The van der Waals surface area contributed by atoms with E-state index in [1.807, 2.05) is 6.20 Å². The average molecular weight is 270 g/mol. The number of anilines is 1. The first-order valence-corrected chi connectivity index (χ1v) is 6.97. The van der Waals surface area contributed by atoms with Crippen molar-refractivity contribution < 1.29 is 4.79 Å². The summed E-state index contributed by atoms with van der Waals surface area (Å²) in [6, 6.07) is 0. The number of aromatic nitrogens is 1. The molecule has 18 heavy (non-hydrogen) atoms. The SMILES string of the molecule is CCN(CC)c1ncc(CNC(C)(C)C(N)=O)s1. The molecule has 0 aromatic carbocycles. The Kier molecular flexibility index (Phi) is 5.10. The number of carbonyl (C=O) groups is 1. The quantitative estimate of drug-likeness (QED) is 0.784. The first kappa shape index (κ1) is 14.9. The van der Waals surface area contributed by atoms with E-state index >= 15 is 0 Å². The van der Waals surface area contributed by atoms with Gasteiger partial charge in [0.05, 0.1) is 5.54 Å². The Balaban J connectivity index is 2.62. The second-order valence-corrected chi connectivity index (χ2v) is 5.72. The maximum absolute atomic E-state index is 11.2. The van der Waals surface area contributed by atoms with Gasteiger partial charge in [-0.05, 0) is 27.7 Å². The molecular weight excluding hydrogens is 248 g/mol. The molecular formula is C12H22N4OS. The van der Waals surface area contributed by atoms with Gasteiger partial charge in [0, 0.05) is 30.7 Å². The van der Waals surface area contributed by atoms with Crippen molar-refractivity contribution in [1.29, 1.82) is 0 Å². The summed E-state index contributed by atoms with van der Waals surface area (Å²) in [6.45, 7) is 10.3. The van der Waals surface area contributed by atoms with Crippen LogP contribution in [0.2, 0.25) is 0 Å². The molecule has 1 rings (SSSR count). The van der Waals surface area contributed by atoms with Crippen LogP contribution in [0.3, 0.4) is 0 Å². The number of hydrogen-bond acceptors (Lipinski definition) is 5. The summed E-state index contributed by atoms with van der Waals surface area (Å²) in [5, 5.41) is 4.16. The van der Waals surface area contributed by atoms with Gasteiger partial charge in [-0.25, -0.2) is 4.98 Å². The van der Waals surface area contributed by atoms with Crippen molar-refractivity contribution in [3.05, 3.63) is 11.1 Å². The minimum absolute atomic E-state index is 0.351. The Morgan fingerprint density at radius 1 is 1.50 bits per heavy atom. The number of nitrogens with zero attached hydrogens (tertiary/aromatic N) is 2. The summed E-state index contributed by atoms with van der Waals surface area (Å²) in [5.41, 5.74) is 4.61. The largest absolute Gasteiger partial charge is 0.368 e. The second kappa shape index (κ2) is 6.15. The van der Waals surface area contributed by atoms with Crippen molar-refractivity contribution in [1.82, 2.24) is 10.3 Å². The lowest BCUT2D eigenvalue weighted by molar-refractivity contribution is -0.123. The molecule has 0 aliphatic carbocycles. The normalized spacial score (nSPS) is 11.6. The summed E-state index contributed by atoms with van der Waals surface area (Å²) in [6.07, 6.45) is 1.85. The molecule has 0 spiro atoms. The van der Waals surface area contributed by atoms with Gasteiger partial charge in [-0.2, -0.15) is 0 Å². The first-order valence-electron chi connectivity index (χ1n) is 6.15. The third kappa shape index (κ3) is 3.68. The van der Waals surface area contributed by atoms with Crippen molar-refractivity contribution in [2.45, 2.75) is 39.8 Å². The van der Waals surface area contributed by atoms with E-state index < -0.39 is 5.54 Å². The summed E-state index contributed by atoms with van der Waals surface area (Å²) < 4.78 is 0. The summed E-state index contributed by atoms with van der Waals surface area (Å²) in [4.78, 5) is 18.9. The standard InChI is InChI=1S/C12H22N4OS/c1-5-16(6-2)11-14-7-9(18-11)8-15-12(3,4)10(13)17/h7,15H,5-6,8H2,1-4H3,(H2,13,17). The van der Waals surface area contributed by atoms with Crippen LogP contribution < -0.4 is 16.0 Å². The fraction of sp³-hybridized carbons (Fsp3) is 0.667. The molecule has 1 aromatic rings. The maximum atomic E-state index is 11.2. The van der Waals surface area contributed by atoms with Gasteiger partial charge in [0.25, 0.3) is 0 Å². The minimum Gasteiger partial charge on any atom is -0.368 e. The van der Waals surface area contributed by atoms with Crippen LogP contribution in [0, 0.1) is 0 Å². The summed E-state index contributed by atoms with van der Waals surface area (Å²) in [5.74, 6) is -0.351. The Bertz CT molecular complexity index is 399. The molecule has 0 saturated carbocycles. The monoisotopic (exact) mass is 270 g/mol. The topological polar surface area (TPSA) is 71.2 Å². The average Bonchev–Trinajstić information content (AvgIpc) is 2.77. The van der Waals surface area contributed by atoms with E-state index in [1.165, 1.54) is 0 Å². The maximum Gasteiger partial charge on any atom is 0.237 e. The Morgan fingerprint density at radius 3 is 2.61 bits per heavy atom. The first-order chi connectivity index (χ1) is 8.40.